The Kier molecular flexibility index (Phi) is 6.10. The number of para-hydroxylation sites is 1. The van der Waals surface area contributed by atoms with Crippen LogP contribution in [0, 0.1) is 0 Å². The summed E-state index contributed by atoms with van der Waals surface area (Å²) in [5.74, 6) is -0.394. The molecule has 0 aliphatic rings. The number of nitrogens with one attached hydrogen (secondary N) is 1. The molecule has 0 bridgehead atoms. The number of hydrogen-bond acceptors (Lipinski definition) is 5. The van der Waals surface area contributed by atoms with Crippen LogP contribution in [0.15, 0.2) is 23.2 Å². The Balaban J connectivity index is 2.83. The maximum Gasteiger partial charge on any atom is 0.347 e. The average Bonchev–Trinajstić information content (AvgIpc) is 2.54. The van der Waals surface area contributed by atoms with Gasteiger partial charge in [0.1, 0.15) is 5.02 Å². The zero-order valence-corrected chi connectivity index (χ0v) is 14.9. The first kappa shape index (κ1) is 17.8. The van der Waals surface area contributed by atoms with E-state index in [1.165, 1.54) is 11.8 Å². The van der Waals surface area contributed by atoms with Crippen molar-refractivity contribution in [3.63, 3.8) is 0 Å². The summed E-state index contributed by atoms with van der Waals surface area (Å²) in [6, 6.07) is 5.53. The minimum Gasteiger partial charge on any atom is -0.462 e. The predicted molar refractivity (Wildman–Crippen MR) is 93.6 cm³/mol. The fraction of sp³-hybridized carbons (Fsp3) is 0.375. The lowest BCUT2D eigenvalue weighted by Gasteiger charge is -2.22. The van der Waals surface area contributed by atoms with Crippen molar-refractivity contribution in [2.45, 2.75) is 11.9 Å². The summed E-state index contributed by atoms with van der Waals surface area (Å²) in [4.78, 5) is 17.6. The summed E-state index contributed by atoms with van der Waals surface area (Å²) in [5.41, 5.74) is 1.93. The Morgan fingerprint density at radius 1 is 1.48 bits per heavy atom. The number of carbonyl (C=O) groups is 1. The molecule has 2 N–H and O–H groups in total. The Hall–Kier alpha value is -1.50. The molecular formula is C16H20ClN2O3S+. The number of thioether (sulfide) groups is 1. The number of aromatic nitrogens is 1. The molecule has 0 radical (unpaired) electrons. The van der Waals surface area contributed by atoms with Crippen LogP contribution in [0.4, 0.5) is 5.69 Å². The molecule has 1 heterocycles. The van der Waals surface area contributed by atoms with Gasteiger partial charge in [0.25, 0.3) is 5.03 Å². The molecular weight excluding hydrogens is 336 g/mol. The van der Waals surface area contributed by atoms with Gasteiger partial charge in [-0.3, -0.25) is 0 Å². The molecule has 0 unspecified atom stereocenters. The molecule has 0 atom stereocenters. The van der Waals surface area contributed by atoms with Crippen molar-refractivity contribution in [3.05, 3.63) is 28.8 Å². The van der Waals surface area contributed by atoms with Gasteiger partial charge in [0.2, 0.25) is 5.52 Å². The first-order valence-corrected chi connectivity index (χ1v) is 8.86. The van der Waals surface area contributed by atoms with Gasteiger partial charge < -0.3 is 14.7 Å². The van der Waals surface area contributed by atoms with Crippen LogP contribution in [0.25, 0.3) is 10.9 Å². The molecule has 7 heteroatoms. The van der Waals surface area contributed by atoms with Gasteiger partial charge in [-0.2, -0.15) is 4.98 Å². The van der Waals surface area contributed by atoms with Gasteiger partial charge >= 0.3 is 5.97 Å². The first-order chi connectivity index (χ1) is 11.0. The van der Waals surface area contributed by atoms with Crippen LogP contribution in [-0.2, 0) is 4.74 Å². The summed E-state index contributed by atoms with van der Waals surface area (Å²) >= 11 is 7.73. The highest BCUT2D eigenvalue weighted by Crippen LogP contribution is 2.35. The number of aliphatic hydroxyl groups is 1. The quantitative estimate of drug-likeness (QED) is 0.637. The number of pyridine rings is 1. The van der Waals surface area contributed by atoms with Gasteiger partial charge in [0.15, 0.2) is 5.56 Å². The van der Waals surface area contributed by atoms with Crippen LogP contribution in [0.2, 0.25) is 5.02 Å². The fourth-order valence-corrected chi connectivity index (χ4v) is 3.28. The summed E-state index contributed by atoms with van der Waals surface area (Å²) < 4.78 is 5.22. The number of aliphatic hydroxyl groups excluding tert-OH is 1. The predicted octanol–water partition coefficient (Wildman–Crippen LogP) is 2.63. The molecule has 2 rings (SSSR count). The smallest absolute Gasteiger partial charge is 0.347 e. The number of rotatable bonds is 6. The number of carbonyl (C=O) groups excluding carboxylic acids is 1. The van der Waals surface area contributed by atoms with E-state index in [-0.39, 0.29) is 6.61 Å². The molecule has 0 fully saturated rings. The van der Waals surface area contributed by atoms with Crippen LogP contribution in [0.3, 0.4) is 0 Å². The van der Waals surface area contributed by atoms with Crippen LogP contribution < -0.4 is 9.88 Å². The van der Waals surface area contributed by atoms with E-state index in [0.29, 0.717) is 34.5 Å². The number of benzene rings is 1. The minimum atomic E-state index is -0.394. The normalized spacial score (nSPS) is 10.8. The lowest BCUT2D eigenvalue weighted by Crippen LogP contribution is -2.27. The molecule has 124 valence electrons. The Morgan fingerprint density at radius 3 is 2.83 bits per heavy atom. The summed E-state index contributed by atoms with van der Waals surface area (Å²) in [7, 11) is 1.83. The number of H-pyrrole nitrogens is 1. The van der Waals surface area contributed by atoms with Gasteiger partial charge in [-0.05, 0) is 25.3 Å². The molecule has 1 aromatic heterocycles. The van der Waals surface area contributed by atoms with E-state index in [0.717, 1.165) is 10.9 Å². The molecule has 23 heavy (non-hydrogen) atoms. The topological polar surface area (TPSA) is 63.9 Å². The number of anilines is 1. The van der Waals surface area contributed by atoms with E-state index in [1.807, 2.05) is 30.3 Å². The van der Waals surface area contributed by atoms with E-state index < -0.39 is 5.97 Å². The third kappa shape index (κ3) is 3.54. The first-order valence-electron chi connectivity index (χ1n) is 7.25. The van der Waals surface area contributed by atoms with E-state index in [4.69, 9.17) is 16.3 Å². The van der Waals surface area contributed by atoms with Crippen LogP contribution >= 0.6 is 23.4 Å². The van der Waals surface area contributed by atoms with Crippen LogP contribution in [-0.4, -0.2) is 44.1 Å². The largest absolute Gasteiger partial charge is 0.462 e. The third-order valence-electron chi connectivity index (χ3n) is 3.47. The van der Waals surface area contributed by atoms with Gasteiger partial charge in [0.05, 0.1) is 24.3 Å². The number of ether oxygens (including phenoxy) is 1. The minimum absolute atomic E-state index is 0.0198. The maximum absolute atomic E-state index is 12.5. The van der Waals surface area contributed by atoms with Crippen LogP contribution in [0.1, 0.15) is 17.3 Å². The van der Waals surface area contributed by atoms with Gasteiger partial charge in [-0.1, -0.05) is 29.4 Å². The van der Waals surface area contributed by atoms with Gasteiger partial charge in [-0.25, -0.2) is 4.79 Å². The number of fused-ring (bicyclic) bond motifs is 1. The highest BCUT2D eigenvalue weighted by atomic mass is 35.5. The average molecular weight is 356 g/mol. The second-order valence-corrected chi connectivity index (χ2v) is 6.13. The Labute approximate surface area is 144 Å². The lowest BCUT2D eigenvalue weighted by molar-refractivity contribution is -0.395. The summed E-state index contributed by atoms with van der Waals surface area (Å²) in [5, 5.41) is 11.4. The van der Waals surface area contributed by atoms with E-state index in [9.17, 15) is 9.90 Å². The van der Waals surface area contributed by atoms with Gasteiger partial charge in [-0.15, -0.1) is 0 Å². The van der Waals surface area contributed by atoms with Crippen molar-refractivity contribution in [1.29, 1.82) is 0 Å². The molecule has 2 aromatic rings. The summed E-state index contributed by atoms with van der Waals surface area (Å²) in [6.07, 6.45) is 1.88. The van der Waals surface area contributed by atoms with Crippen molar-refractivity contribution < 1.29 is 19.6 Å². The molecule has 0 aliphatic heterocycles. The van der Waals surface area contributed by atoms with E-state index in [1.54, 1.807) is 13.0 Å². The molecule has 0 saturated carbocycles. The Morgan fingerprint density at radius 2 is 2.22 bits per heavy atom. The lowest BCUT2D eigenvalue weighted by atomic mass is 10.1. The molecule has 0 spiro atoms. The standard InChI is InChI=1S/C16H19ClN2O3S/c1-4-22-16(21)12-14(19(2)8-9-20)10-6-5-7-11(17)13(10)18-15(12)23-3/h5-7,20H,4,8-9H2,1-3H3/p+1. The zero-order chi connectivity index (χ0) is 17.0. The monoisotopic (exact) mass is 355 g/mol. The molecule has 5 nitrogen and oxygen atoms in total. The van der Waals surface area contributed by atoms with E-state index >= 15 is 0 Å². The Bertz CT molecular complexity index is 724. The van der Waals surface area contributed by atoms with Crippen LogP contribution in [0.5, 0.6) is 0 Å². The SMILES string of the molecule is CCOC(=O)c1c(SC)[nH+]c2c(Cl)cccc2c1N(C)CCO. The second-order valence-electron chi connectivity index (χ2n) is 4.91. The summed E-state index contributed by atoms with van der Waals surface area (Å²) in [6.45, 7) is 2.44. The fourth-order valence-electron chi connectivity index (χ4n) is 2.47. The van der Waals surface area contributed by atoms with E-state index in [2.05, 4.69) is 4.98 Å². The third-order valence-corrected chi connectivity index (χ3v) is 4.50. The highest BCUT2D eigenvalue weighted by Gasteiger charge is 2.29. The van der Waals surface area contributed by atoms with Crippen molar-refractivity contribution >= 4 is 45.9 Å². The number of esters is 1. The number of halogens is 1. The van der Waals surface area contributed by atoms with Gasteiger partial charge in [0, 0.05) is 13.6 Å². The second kappa shape index (κ2) is 7.86. The van der Waals surface area contributed by atoms with Crippen molar-refractivity contribution in [2.75, 3.05) is 38.0 Å². The van der Waals surface area contributed by atoms with Crippen molar-refractivity contribution in [3.8, 4) is 0 Å². The zero-order valence-electron chi connectivity index (χ0n) is 13.4. The number of nitrogens with zero attached hydrogens (tertiary/aromatic N) is 1. The number of hydrogen-bond donors (Lipinski definition) is 1. The highest BCUT2D eigenvalue weighted by molar-refractivity contribution is 7.98. The maximum atomic E-state index is 12.5. The molecule has 0 amide bonds. The molecule has 0 aliphatic carbocycles. The molecule has 1 aromatic carbocycles. The molecule has 0 saturated heterocycles. The number of aromatic amines is 1. The van der Waals surface area contributed by atoms with Crippen molar-refractivity contribution in [2.24, 2.45) is 0 Å². The number of likely N-dealkylation sites (N-methyl/N-ethyl adjacent to an activating group) is 1. The van der Waals surface area contributed by atoms with Crippen molar-refractivity contribution in [1.82, 2.24) is 0 Å².